The summed E-state index contributed by atoms with van der Waals surface area (Å²) in [5.41, 5.74) is 1.02. The number of esters is 1. The first-order valence-electron chi connectivity index (χ1n) is 6.56. The third-order valence-electron chi connectivity index (χ3n) is 3.45. The van der Waals surface area contributed by atoms with Crippen LogP contribution < -0.4 is 0 Å². The zero-order valence-electron chi connectivity index (χ0n) is 11.4. The zero-order chi connectivity index (χ0) is 14.5. The summed E-state index contributed by atoms with van der Waals surface area (Å²) in [4.78, 5) is 29.1. The second-order valence-electron chi connectivity index (χ2n) is 4.83. The molecule has 6 nitrogen and oxygen atoms in total. The van der Waals surface area contributed by atoms with E-state index in [9.17, 15) is 14.7 Å². The second kappa shape index (κ2) is 6.47. The molecule has 1 N–H and O–H groups in total. The Morgan fingerprint density at radius 3 is 2.80 bits per heavy atom. The minimum Gasteiger partial charge on any atom is -0.467 e. The van der Waals surface area contributed by atoms with Crippen molar-refractivity contribution < 1.29 is 19.4 Å². The molecule has 2 unspecified atom stereocenters. The molecule has 2 heterocycles. The van der Waals surface area contributed by atoms with Crippen LogP contribution in [-0.4, -0.2) is 52.7 Å². The van der Waals surface area contributed by atoms with Gasteiger partial charge < -0.3 is 14.7 Å². The number of rotatable bonds is 4. The van der Waals surface area contributed by atoms with E-state index in [1.807, 2.05) is 12.1 Å². The van der Waals surface area contributed by atoms with Crippen LogP contribution in [0.2, 0.25) is 0 Å². The van der Waals surface area contributed by atoms with Crippen LogP contribution in [0.25, 0.3) is 0 Å². The molecule has 1 aliphatic rings. The van der Waals surface area contributed by atoms with E-state index in [0.717, 1.165) is 5.56 Å². The van der Waals surface area contributed by atoms with Crippen molar-refractivity contribution in [3.63, 3.8) is 0 Å². The van der Waals surface area contributed by atoms with Crippen molar-refractivity contribution in [3.8, 4) is 0 Å². The first-order valence-corrected chi connectivity index (χ1v) is 6.56. The number of aryl methyl sites for hydroxylation is 1. The van der Waals surface area contributed by atoms with E-state index in [2.05, 4.69) is 9.72 Å². The average molecular weight is 278 g/mol. The average Bonchev–Trinajstić information content (AvgIpc) is 2.87. The summed E-state index contributed by atoms with van der Waals surface area (Å²) in [6.45, 7) is 0.189. The second-order valence-corrected chi connectivity index (χ2v) is 4.83. The highest BCUT2D eigenvalue weighted by Crippen LogP contribution is 2.20. The SMILES string of the molecule is COC(=O)C1CC(O)CN1C(=O)CCc1ccncc1. The van der Waals surface area contributed by atoms with Crippen molar-refractivity contribution in [2.24, 2.45) is 0 Å². The fourth-order valence-electron chi connectivity index (χ4n) is 2.39. The Kier molecular flexibility index (Phi) is 4.68. The number of carbonyl (C=O) groups is 2. The molecule has 2 rings (SSSR count). The van der Waals surface area contributed by atoms with Gasteiger partial charge in [-0.1, -0.05) is 0 Å². The molecular weight excluding hydrogens is 260 g/mol. The van der Waals surface area contributed by atoms with Crippen molar-refractivity contribution in [2.45, 2.75) is 31.4 Å². The number of nitrogens with zero attached hydrogens (tertiary/aromatic N) is 2. The van der Waals surface area contributed by atoms with Crippen molar-refractivity contribution in [3.05, 3.63) is 30.1 Å². The van der Waals surface area contributed by atoms with Gasteiger partial charge in [0.15, 0.2) is 0 Å². The highest BCUT2D eigenvalue weighted by atomic mass is 16.5. The van der Waals surface area contributed by atoms with E-state index in [0.29, 0.717) is 12.8 Å². The summed E-state index contributed by atoms with van der Waals surface area (Å²) < 4.78 is 4.67. The smallest absolute Gasteiger partial charge is 0.328 e. The van der Waals surface area contributed by atoms with Crippen LogP contribution in [0.5, 0.6) is 0 Å². The van der Waals surface area contributed by atoms with Crippen LogP contribution in [-0.2, 0) is 20.7 Å². The zero-order valence-corrected chi connectivity index (χ0v) is 11.4. The molecule has 6 heteroatoms. The molecule has 1 aromatic heterocycles. The van der Waals surface area contributed by atoms with Crippen LogP contribution >= 0.6 is 0 Å². The Morgan fingerprint density at radius 2 is 2.15 bits per heavy atom. The molecule has 1 amide bonds. The van der Waals surface area contributed by atoms with E-state index in [4.69, 9.17) is 0 Å². The monoisotopic (exact) mass is 278 g/mol. The molecule has 108 valence electrons. The van der Waals surface area contributed by atoms with Crippen LogP contribution in [0, 0.1) is 0 Å². The largest absolute Gasteiger partial charge is 0.467 e. The Balaban J connectivity index is 1.95. The predicted molar refractivity (Wildman–Crippen MR) is 70.7 cm³/mol. The van der Waals surface area contributed by atoms with Crippen molar-refractivity contribution >= 4 is 11.9 Å². The number of aliphatic hydroxyl groups excluding tert-OH is 1. The van der Waals surface area contributed by atoms with E-state index in [1.165, 1.54) is 12.0 Å². The summed E-state index contributed by atoms with van der Waals surface area (Å²) in [7, 11) is 1.28. The Labute approximate surface area is 117 Å². The van der Waals surface area contributed by atoms with Gasteiger partial charge in [-0.3, -0.25) is 9.78 Å². The number of amides is 1. The molecule has 0 spiro atoms. The van der Waals surface area contributed by atoms with Gasteiger partial charge in [-0.05, 0) is 24.1 Å². The molecule has 1 aliphatic heterocycles. The van der Waals surface area contributed by atoms with Crippen LogP contribution in [0.3, 0.4) is 0 Å². The maximum absolute atomic E-state index is 12.2. The van der Waals surface area contributed by atoms with Gasteiger partial charge in [0.1, 0.15) is 6.04 Å². The van der Waals surface area contributed by atoms with Gasteiger partial charge in [0.2, 0.25) is 5.91 Å². The predicted octanol–water partition coefficient (Wildman–Crippen LogP) is 0.149. The number of ether oxygens (including phenoxy) is 1. The number of aliphatic hydroxyl groups is 1. The van der Waals surface area contributed by atoms with Gasteiger partial charge in [0.05, 0.1) is 13.2 Å². The number of hydrogen-bond donors (Lipinski definition) is 1. The highest BCUT2D eigenvalue weighted by Gasteiger charge is 2.39. The molecule has 1 fully saturated rings. The van der Waals surface area contributed by atoms with Crippen molar-refractivity contribution in [2.75, 3.05) is 13.7 Å². The van der Waals surface area contributed by atoms with Crippen LogP contribution in [0.15, 0.2) is 24.5 Å². The quantitative estimate of drug-likeness (QED) is 0.793. The summed E-state index contributed by atoms with van der Waals surface area (Å²) in [6.07, 6.45) is 3.82. The highest BCUT2D eigenvalue weighted by molar-refractivity contribution is 5.85. The Morgan fingerprint density at radius 1 is 1.45 bits per heavy atom. The Bertz CT molecular complexity index is 477. The van der Waals surface area contributed by atoms with Crippen LogP contribution in [0.1, 0.15) is 18.4 Å². The topological polar surface area (TPSA) is 79.7 Å². The lowest BCUT2D eigenvalue weighted by Gasteiger charge is -2.22. The minimum atomic E-state index is -0.667. The number of pyridine rings is 1. The number of likely N-dealkylation sites (tertiary alicyclic amines) is 1. The van der Waals surface area contributed by atoms with E-state index in [-0.39, 0.29) is 18.9 Å². The van der Waals surface area contributed by atoms with Gasteiger partial charge >= 0.3 is 5.97 Å². The van der Waals surface area contributed by atoms with E-state index in [1.54, 1.807) is 12.4 Å². The van der Waals surface area contributed by atoms with Crippen molar-refractivity contribution in [1.82, 2.24) is 9.88 Å². The fourth-order valence-corrected chi connectivity index (χ4v) is 2.39. The number of β-amino-alcohol motifs (C(OH)–C–C–N with tert-alkyl or cyclic N) is 1. The molecule has 0 aliphatic carbocycles. The summed E-state index contributed by atoms with van der Waals surface area (Å²) in [5, 5.41) is 9.64. The third-order valence-corrected chi connectivity index (χ3v) is 3.45. The molecular formula is C14H18N2O4. The van der Waals surface area contributed by atoms with E-state index < -0.39 is 18.1 Å². The van der Waals surface area contributed by atoms with Crippen LogP contribution in [0.4, 0.5) is 0 Å². The fraction of sp³-hybridized carbons (Fsp3) is 0.500. The Hall–Kier alpha value is -1.95. The molecule has 0 bridgehead atoms. The maximum atomic E-state index is 12.2. The lowest BCUT2D eigenvalue weighted by molar-refractivity contribution is -0.150. The molecule has 0 radical (unpaired) electrons. The number of carbonyl (C=O) groups excluding carboxylic acids is 2. The standard InChI is InChI=1S/C14H18N2O4/c1-20-14(19)12-8-11(17)9-16(12)13(18)3-2-10-4-6-15-7-5-10/h4-7,11-12,17H,2-3,8-9H2,1H3. The number of methoxy groups -OCH3 is 1. The minimum absolute atomic E-state index is 0.145. The molecule has 0 aromatic carbocycles. The van der Waals surface area contributed by atoms with E-state index >= 15 is 0 Å². The lowest BCUT2D eigenvalue weighted by atomic mass is 10.1. The summed E-state index contributed by atoms with van der Waals surface area (Å²) in [5.74, 6) is -0.618. The third kappa shape index (κ3) is 3.33. The van der Waals surface area contributed by atoms with Gasteiger partial charge in [0, 0.05) is 31.8 Å². The van der Waals surface area contributed by atoms with Gasteiger partial charge in [-0.2, -0.15) is 0 Å². The molecule has 2 atom stereocenters. The lowest BCUT2D eigenvalue weighted by Crippen LogP contribution is -2.41. The molecule has 0 saturated carbocycles. The summed E-state index contributed by atoms with van der Waals surface area (Å²) >= 11 is 0. The van der Waals surface area contributed by atoms with Crippen molar-refractivity contribution in [1.29, 1.82) is 0 Å². The van der Waals surface area contributed by atoms with Gasteiger partial charge in [-0.15, -0.1) is 0 Å². The summed E-state index contributed by atoms with van der Waals surface area (Å²) in [6, 6.07) is 3.04. The normalized spacial score (nSPS) is 21.8. The van der Waals surface area contributed by atoms with Gasteiger partial charge in [0.25, 0.3) is 0 Å². The number of hydrogen-bond acceptors (Lipinski definition) is 5. The molecule has 20 heavy (non-hydrogen) atoms. The first-order chi connectivity index (χ1) is 9.61. The van der Waals surface area contributed by atoms with Gasteiger partial charge in [-0.25, -0.2) is 4.79 Å². The molecule has 1 aromatic rings. The molecule has 1 saturated heterocycles. The maximum Gasteiger partial charge on any atom is 0.328 e. The first kappa shape index (κ1) is 14.5. The number of aromatic nitrogens is 1.